The zero-order chi connectivity index (χ0) is 15.5. The average Bonchev–Trinajstić information content (AvgIpc) is 2.89. The van der Waals surface area contributed by atoms with Crippen LogP contribution in [0.3, 0.4) is 0 Å². The Bertz CT molecular complexity index is 581. The minimum Gasteiger partial charge on any atom is -0.396 e. The van der Waals surface area contributed by atoms with E-state index in [1.165, 1.54) is 32.2 Å². The molecule has 6 heteroatoms. The standard InChI is InChI=1S/C15H25N3O2S/c1-12(11-18-8-3-4-9-18)10-17-13-6-5-7-14(15(13)16)21(2,19)20/h5-7,12,17H,3-4,8-11,16H2,1-2H3. The van der Waals surface area contributed by atoms with Crippen molar-refractivity contribution < 1.29 is 8.42 Å². The molecule has 1 aliphatic heterocycles. The van der Waals surface area contributed by atoms with Crippen LogP contribution in [0.5, 0.6) is 0 Å². The van der Waals surface area contributed by atoms with Gasteiger partial charge in [0.2, 0.25) is 0 Å². The third kappa shape index (κ3) is 4.35. The maximum Gasteiger partial charge on any atom is 0.177 e. The molecule has 0 spiro atoms. The Labute approximate surface area is 127 Å². The van der Waals surface area contributed by atoms with Gasteiger partial charge in [0.25, 0.3) is 0 Å². The molecule has 0 amide bonds. The highest BCUT2D eigenvalue weighted by atomic mass is 32.2. The summed E-state index contributed by atoms with van der Waals surface area (Å²) in [5.74, 6) is 0.490. The second kappa shape index (κ2) is 6.66. The smallest absolute Gasteiger partial charge is 0.177 e. The minimum atomic E-state index is -3.29. The second-order valence-corrected chi connectivity index (χ2v) is 7.97. The van der Waals surface area contributed by atoms with Crippen LogP contribution >= 0.6 is 0 Å². The molecule has 5 nitrogen and oxygen atoms in total. The van der Waals surface area contributed by atoms with Crippen molar-refractivity contribution in [2.45, 2.75) is 24.7 Å². The minimum absolute atomic E-state index is 0.194. The highest BCUT2D eigenvalue weighted by Crippen LogP contribution is 2.26. The molecule has 0 saturated carbocycles. The van der Waals surface area contributed by atoms with E-state index in [0.29, 0.717) is 17.3 Å². The van der Waals surface area contributed by atoms with E-state index in [0.717, 1.165) is 13.1 Å². The number of benzene rings is 1. The van der Waals surface area contributed by atoms with Crippen LogP contribution in [0.1, 0.15) is 19.8 Å². The summed E-state index contributed by atoms with van der Waals surface area (Å²) in [6.07, 6.45) is 3.77. The third-order valence-corrected chi connectivity index (χ3v) is 5.03. The second-order valence-electron chi connectivity index (χ2n) is 5.98. The van der Waals surface area contributed by atoms with Gasteiger partial charge in [0, 0.05) is 19.3 Å². The van der Waals surface area contributed by atoms with Crippen molar-refractivity contribution in [3.63, 3.8) is 0 Å². The molecule has 1 heterocycles. The normalized spacial score (nSPS) is 17.8. The number of nitrogens with two attached hydrogens (primary N) is 1. The number of rotatable bonds is 6. The van der Waals surface area contributed by atoms with Gasteiger partial charge in [-0.3, -0.25) is 0 Å². The highest BCUT2D eigenvalue weighted by molar-refractivity contribution is 7.90. The predicted molar refractivity (Wildman–Crippen MR) is 87.3 cm³/mol. The molecular weight excluding hydrogens is 286 g/mol. The fourth-order valence-corrected chi connectivity index (χ4v) is 3.61. The number of likely N-dealkylation sites (tertiary alicyclic amines) is 1. The largest absolute Gasteiger partial charge is 0.396 e. The molecule has 1 atom stereocenters. The summed E-state index contributed by atoms with van der Waals surface area (Å²) in [5.41, 5.74) is 6.98. The molecule has 3 N–H and O–H groups in total. The first kappa shape index (κ1) is 16.1. The summed E-state index contributed by atoms with van der Waals surface area (Å²) in [6.45, 7) is 6.43. The molecule has 0 radical (unpaired) electrons. The van der Waals surface area contributed by atoms with Crippen LogP contribution in [0.25, 0.3) is 0 Å². The van der Waals surface area contributed by atoms with Crippen molar-refractivity contribution >= 4 is 21.2 Å². The summed E-state index contributed by atoms with van der Waals surface area (Å²) in [7, 11) is -3.29. The first-order valence-electron chi connectivity index (χ1n) is 7.42. The van der Waals surface area contributed by atoms with Gasteiger partial charge in [-0.25, -0.2) is 8.42 Å². The lowest BCUT2D eigenvalue weighted by molar-refractivity contribution is 0.294. The Hall–Kier alpha value is -1.27. The van der Waals surface area contributed by atoms with Crippen molar-refractivity contribution in [1.82, 2.24) is 4.90 Å². The zero-order valence-electron chi connectivity index (χ0n) is 12.8. The molecule has 0 aliphatic carbocycles. The zero-order valence-corrected chi connectivity index (χ0v) is 13.6. The lowest BCUT2D eigenvalue weighted by Crippen LogP contribution is -2.29. The molecule has 118 valence electrons. The van der Waals surface area contributed by atoms with Crippen molar-refractivity contribution in [3.05, 3.63) is 18.2 Å². The van der Waals surface area contributed by atoms with E-state index in [-0.39, 0.29) is 4.90 Å². The summed E-state index contributed by atoms with van der Waals surface area (Å²) < 4.78 is 23.3. The molecule has 1 fully saturated rings. The van der Waals surface area contributed by atoms with Crippen molar-refractivity contribution in [1.29, 1.82) is 0 Å². The van der Waals surface area contributed by atoms with E-state index < -0.39 is 9.84 Å². The number of hydrogen-bond acceptors (Lipinski definition) is 5. The van der Waals surface area contributed by atoms with E-state index in [2.05, 4.69) is 17.1 Å². The first-order chi connectivity index (χ1) is 9.88. The van der Waals surface area contributed by atoms with Crippen LogP contribution in [0.2, 0.25) is 0 Å². The van der Waals surface area contributed by atoms with Crippen molar-refractivity contribution in [3.8, 4) is 0 Å². The van der Waals surface area contributed by atoms with Crippen LogP contribution in [0.15, 0.2) is 23.1 Å². The third-order valence-electron chi connectivity index (χ3n) is 3.88. The van der Waals surface area contributed by atoms with Gasteiger partial charge in [-0.2, -0.15) is 0 Å². The first-order valence-corrected chi connectivity index (χ1v) is 9.32. The van der Waals surface area contributed by atoms with Crippen molar-refractivity contribution in [2.75, 3.05) is 43.5 Å². The SMILES string of the molecule is CC(CNc1cccc(S(C)(=O)=O)c1N)CN1CCCC1. The molecule has 21 heavy (non-hydrogen) atoms. The maximum atomic E-state index is 11.7. The topological polar surface area (TPSA) is 75.4 Å². The van der Waals surface area contributed by atoms with E-state index in [4.69, 9.17) is 5.73 Å². The number of para-hydroxylation sites is 1. The fourth-order valence-electron chi connectivity index (χ4n) is 2.78. The molecule has 2 rings (SSSR count). The molecule has 1 saturated heterocycles. The number of nitrogen functional groups attached to an aromatic ring is 1. The quantitative estimate of drug-likeness (QED) is 0.784. The van der Waals surface area contributed by atoms with E-state index >= 15 is 0 Å². The molecular formula is C15H25N3O2S. The Kier molecular flexibility index (Phi) is 5.11. The molecule has 1 aliphatic rings. The summed E-state index contributed by atoms with van der Waals surface area (Å²) in [6, 6.07) is 5.09. The highest BCUT2D eigenvalue weighted by Gasteiger charge is 2.16. The van der Waals surface area contributed by atoms with Gasteiger partial charge in [0.05, 0.1) is 16.3 Å². The number of anilines is 2. The van der Waals surface area contributed by atoms with E-state index in [1.807, 2.05) is 6.07 Å². The van der Waals surface area contributed by atoms with Gasteiger partial charge < -0.3 is 16.0 Å². The van der Waals surface area contributed by atoms with Gasteiger partial charge in [-0.1, -0.05) is 13.0 Å². The average molecular weight is 311 g/mol. The molecule has 1 aromatic carbocycles. The van der Waals surface area contributed by atoms with E-state index in [1.54, 1.807) is 12.1 Å². The number of nitrogens with one attached hydrogen (secondary N) is 1. The fraction of sp³-hybridized carbons (Fsp3) is 0.600. The van der Waals surface area contributed by atoms with E-state index in [9.17, 15) is 8.42 Å². The Morgan fingerprint density at radius 2 is 2.00 bits per heavy atom. The molecule has 1 unspecified atom stereocenters. The van der Waals surface area contributed by atoms with Gasteiger partial charge in [-0.05, 0) is 44.0 Å². The Morgan fingerprint density at radius 1 is 1.33 bits per heavy atom. The molecule has 1 aromatic rings. The monoisotopic (exact) mass is 311 g/mol. The number of hydrogen-bond donors (Lipinski definition) is 2. The van der Waals surface area contributed by atoms with Gasteiger partial charge >= 0.3 is 0 Å². The van der Waals surface area contributed by atoms with Crippen LogP contribution in [0, 0.1) is 5.92 Å². The Balaban J connectivity index is 1.96. The molecule has 0 bridgehead atoms. The lowest BCUT2D eigenvalue weighted by atomic mass is 10.1. The summed E-state index contributed by atoms with van der Waals surface area (Å²) in [4.78, 5) is 2.67. The Morgan fingerprint density at radius 3 is 2.62 bits per heavy atom. The number of nitrogens with zero attached hydrogens (tertiary/aromatic N) is 1. The predicted octanol–water partition coefficient (Wildman–Crippen LogP) is 1.82. The van der Waals surface area contributed by atoms with Gasteiger partial charge in [0.15, 0.2) is 9.84 Å². The van der Waals surface area contributed by atoms with Crippen LogP contribution in [-0.2, 0) is 9.84 Å². The maximum absolute atomic E-state index is 11.7. The van der Waals surface area contributed by atoms with Gasteiger partial charge in [-0.15, -0.1) is 0 Å². The lowest BCUT2D eigenvalue weighted by Gasteiger charge is -2.21. The van der Waals surface area contributed by atoms with Crippen molar-refractivity contribution in [2.24, 2.45) is 5.92 Å². The summed E-state index contributed by atoms with van der Waals surface area (Å²) in [5, 5.41) is 3.28. The van der Waals surface area contributed by atoms with Crippen LogP contribution in [0.4, 0.5) is 11.4 Å². The number of sulfone groups is 1. The summed E-state index contributed by atoms with van der Waals surface area (Å²) >= 11 is 0. The van der Waals surface area contributed by atoms with Crippen LogP contribution in [-0.4, -0.2) is 45.8 Å². The molecule has 0 aromatic heterocycles. The van der Waals surface area contributed by atoms with Crippen LogP contribution < -0.4 is 11.1 Å². The van der Waals surface area contributed by atoms with Gasteiger partial charge in [0.1, 0.15) is 0 Å².